The summed E-state index contributed by atoms with van der Waals surface area (Å²) in [5, 5.41) is 14.6. The summed E-state index contributed by atoms with van der Waals surface area (Å²) < 4.78 is 0. The zero-order valence-corrected chi connectivity index (χ0v) is 11.5. The van der Waals surface area contributed by atoms with Crippen LogP contribution in [0.25, 0.3) is 0 Å². The average molecular weight is 256 g/mol. The van der Waals surface area contributed by atoms with Crippen molar-refractivity contribution in [1.29, 1.82) is 0 Å². The smallest absolute Gasteiger partial charge is 0.329 e. The first-order chi connectivity index (χ1) is 8.40. The molecule has 1 fully saturated rings. The Morgan fingerprint density at radius 3 is 2.50 bits per heavy atom. The van der Waals surface area contributed by atoms with Crippen LogP contribution in [0.15, 0.2) is 0 Å². The van der Waals surface area contributed by atoms with E-state index in [1.54, 1.807) is 6.92 Å². The van der Waals surface area contributed by atoms with E-state index in [1.807, 2.05) is 6.92 Å². The van der Waals surface area contributed by atoms with Gasteiger partial charge in [-0.1, -0.05) is 19.8 Å². The number of carbonyl (C=O) groups excluding carboxylic acids is 1. The topological polar surface area (TPSA) is 78.4 Å². The van der Waals surface area contributed by atoms with Gasteiger partial charge in [0, 0.05) is 6.04 Å². The molecule has 1 aliphatic rings. The molecule has 1 aliphatic carbocycles. The second-order valence-electron chi connectivity index (χ2n) is 5.42. The molecule has 0 aromatic rings. The molecule has 0 aromatic carbocycles. The lowest BCUT2D eigenvalue weighted by Gasteiger charge is -2.27. The number of unbranched alkanes of at least 4 members (excludes halogenated alkanes) is 1. The molecule has 0 aromatic heterocycles. The maximum Gasteiger partial charge on any atom is 0.329 e. The minimum Gasteiger partial charge on any atom is -0.480 e. The number of rotatable bonds is 7. The van der Waals surface area contributed by atoms with E-state index in [2.05, 4.69) is 17.6 Å². The Hall–Kier alpha value is -1.26. The molecule has 5 heteroatoms. The monoisotopic (exact) mass is 256 g/mol. The van der Waals surface area contributed by atoms with Gasteiger partial charge in [0.2, 0.25) is 0 Å². The molecular weight excluding hydrogens is 232 g/mol. The molecule has 1 rings (SSSR count). The third kappa shape index (κ3) is 3.89. The molecule has 18 heavy (non-hydrogen) atoms. The van der Waals surface area contributed by atoms with Crippen LogP contribution in [-0.2, 0) is 4.79 Å². The summed E-state index contributed by atoms with van der Waals surface area (Å²) in [5.74, 6) is -0.895. The summed E-state index contributed by atoms with van der Waals surface area (Å²) >= 11 is 0. The fourth-order valence-electron chi connectivity index (χ4n) is 2.07. The molecule has 2 atom stereocenters. The Morgan fingerprint density at radius 1 is 1.44 bits per heavy atom. The zero-order valence-electron chi connectivity index (χ0n) is 11.5. The van der Waals surface area contributed by atoms with Crippen molar-refractivity contribution in [2.75, 3.05) is 0 Å². The minimum absolute atomic E-state index is 0.0618. The fourth-order valence-corrected chi connectivity index (χ4v) is 2.07. The highest BCUT2D eigenvalue weighted by molar-refractivity contribution is 5.86. The van der Waals surface area contributed by atoms with Crippen molar-refractivity contribution in [3.63, 3.8) is 0 Å². The van der Waals surface area contributed by atoms with Gasteiger partial charge in [0.25, 0.3) is 0 Å². The first kappa shape index (κ1) is 14.8. The van der Waals surface area contributed by atoms with E-state index in [9.17, 15) is 14.7 Å². The van der Waals surface area contributed by atoms with E-state index in [-0.39, 0.29) is 18.0 Å². The summed E-state index contributed by atoms with van der Waals surface area (Å²) in [6.07, 6.45) is 4.79. The van der Waals surface area contributed by atoms with E-state index in [4.69, 9.17) is 0 Å². The lowest BCUT2D eigenvalue weighted by Crippen LogP contribution is -2.57. The second-order valence-corrected chi connectivity index (χ2v) is 5.42. The van der Waals surface area contributed by atoms with Crippen LogP contribution in [0.2, 0.25) is 0 Å². The Labute approximate surface area is 108 Å². The van der Waals surface area contributed by atoms with Gasteiger partial charge in [-0.2, -0.15) is 0 Å². The van der Waals surface area contributed by atoms with Gasteiger partial charge in [0.15, 0.2) is 0 Å². The highest BCUT2D eigenvalue weighted by atomic mass is 16.4. The number of aliphatic carboxylic acids is 1. The summed E-state index contributed by atoms with van der Waals surface area (Å²) in [7, 11) is 0. The van der Waals surface area contributed by atoms with Gasteiger partial charge >= 0.3 is 12.0 Å². The van der Waals surface area contributed by atoms with Gasteiger partial charge < -0.3 is 15.7 Å². The van der Waals surface area contributed by atoms with Crippen LogP contribution in [0.1, 0.15) is 52.9 Å². The summed E-state index contributed by atoms with van der Waals surface area (Å²) in [6.45, 7) is 5.62. The van der Waals surface area contributed by atoms with Crippen molar-refractivity contribution in [3.8, 4) is 0 Å². The van der Waals surface area contributed by atoms with Crippen LogP contribution >= 0.6 is 0 Å². The predicted molar refractivity (Wildman–Crippen MR) is 69.4 cm³/mol. The molecule has 5 nitrogen and oxygen atoms in total. The van der Waals surface area contributed by atoms with Crippen LogP contribution in [0.5, 0.6) is 0 Å². The molecule has 0 spiro atoms. The molecule has 0 radical (unpaired) electrons. The van der Waals surface area contributed by atoms with Gasteiger partial charge in [-0.25, -0.2) is 9.59 Å². The van der Waals surface area contributed by atoms with E-state index in [0.717, 1.165) is 32.1 Å². The summed E-state index contributed by atoms with van der Waals surface area (Å²) in [6, 6.07) is -0.308. The third-order valence-corrected chi connectivity index (χ3v) is 3.58. The van der Waals surface area contributed by atoms with E-state index in [1.165, 1.54) is 0 Å². The zero-order chi connectivity index (χ0) is 13.8. The van der Waals surface area contributed by atoms with Crippen LogP contribution in [0.4, 0.5) is 4.79 Å². The van der Waals surface area contributed by atoms with Crippen molar-refractivity contribution < 1.29 is 14.7 Å². The lowest BCUT2D eigenvalue weighted by atomic mass is 9.96. The Kier molecular flexibility index (Phi) is 4.99. The van der Waals surface area contributed by atoms with E-state index >= 15 is 0 Å². The van der Waals surface area contributed by atoms with Crippen LogP contribution in [0.3, 0.4) is 0 Å². The Morgan fingerprint density at radius 2 is 2.06 bits per heavy atom. The Balaban J connectivity index is 2.44. The molecule has 0 bridgehead atoms. The number of nitrogens with one attached hydrogen (secondary N) is 2. The highest BCUT2D eigenvalue weighted by Crippen LogP contribution is 2.39. The minimum atomic E-state index is -1.13. The molecule has 0 aliphatic heterocycles. The normalized spacial score (nSPS) is 19.7. The van der Waals surface area contributed by atoms with Crippen LogP contribution < -0.4 is 10.6 Å². The van der Waals surface area contributed by atoms with Crippen LogP contribution in [-0.4, -0.2) is 28.7 Å². The number of carboxylic acids is 1. The quantitative estimate of drug-likeness (QED) is 0.653. The van der Waals surface area contributed by atoms with Crippen molar-refractivity contribution in [2.45, 2.75) is 64.5 Å². The van der Waals surface area contributed by atoms with Gasteiger partial charge in [0.1, 0.15) is 5.54 Å². The number of hydrogen-bond acceptors (Lipinski definition) is 2. The molecule has 1 saturated carbocycles. The van der Waals surface area contributed by atoms with Gasteiger partial charge in [-0.05, 0) is 39.0 Å². The molecule has 2 amide bonds. The largest absolute Gasteiger partial charge is 0.480 e. The number of hydrogen-bond donors (Lipinski definition) is 3. The van der Waals surface area contributed by atoms with E-state index < -0.39 is 11.5 Å². The average Bonchev–Trinajstić information content (AvgIpc) is 3.09. The second kappa shape index (κ2) is 6.07. The highest BCUT2D eigenvalue weighted by Gasteiger charge is 2.48. The first-order valence-electron chi connectivity index (χ1n) is 6.72. The molecule has 0 heterocycles. The number of carboxylic acid groups (broad SMARTS) is 1. The van der Waals surface area contributed by atoms with Crippen molar-refractivity contribution in [1.82, 2.24) is 10.6 Å². The van der Waals surface area contributed by atoms with Crippen molar-refractivity contribution in [2.24, 2.45) is 5.92 Å². The lowest BCUT2D eigenvalue weighted by molar-refractivity contribution is -0.144. The number of amides is 2. The SMILES string of the molecule is CCCCC(C)NC(=O)NC(C)(C(=O)O)C1CC1. The fraction of sp³-hybridized carbons (Fsp3) is 0.846. The standard InChI is InChI=1S/C13H24N2O3/c1-4-5-6-9(2)14-12(18)15-13(3,11(16)17)10-7-8-10/h9-10H,4-8H2,1-3H3,(H,16,17)(H2,14,15,18). The van der Waals surface area contributed by atoms with Crippen LogP contribution in [0, 0.1) is 5.92 Å². The number of urea groups is 1. The van der Waals surface area contributed by atoms with E-state index in [0.29, 0.717) is 0 Å². The first-order valence-corrected chi connectivity index (χ1v) is 6.72. The molecule has 3 N–H and O–H groups in total. The molecule has 0 saturated heterocycles. The molecule has 2 unspecified atom stereocenters. The molecule has 104 valence electrons. The maximum atomic E-state index is 11.8. The van der Waals surface area contributed by atoms with Gasteiger partial charge in [-0.15, -0.1) is 0 Å². The van der Waals surface area contributed by atoms with Gasteiger partial charge in [0.05, 0.1) is 0 Å². The van der Waals surface area contributed by atoms with Crippen molar-refractivity contribution in [3.05, 3.63) is 0 Å². The van der Waals surface area contributed by atoms with Crippen molar-refractivity contribution >= 4 is 12.0 Å². The van der Waals surface area contributed by atoms with Gasteiger partial charge in [-0.3, -0.25) is 0 Å². The third-order valence-electron chi connectivity index (χ3n) is 3.58. The predicted octanol–water partition coefficient (Wildman–Crippen LogP) is 2.12. The molecular formula is C13H24N2O3. The maximum absolute atomic E-state index is 11.8. The summed E-state index contributed by atoms with van der Waals surface area (Å²) in [4.78, 5) is 23.0. The summed E-state index contributed by atoms with van der Waals surface area (Å²) in [5.41, 5.74) is -1.13. The number of carbonyl (C=O) groups is 2. The Bertz CT molecular complexity index is 315.